The smallest absolute Gasteiger partial charge is 0.323 e. The predicted octanol–water partition coefficient (Wildman–Crippen LogP) is 3.23. The molecule has 0 unspecified atom stereocenters. The molecule has 2 aromatic carbocycles. The van der Waals surface area contributed by atoms with E-state index >= 15 is 0 Å². The molecule has 0 saturated carbocycles. The summed E-state index contributed by atoms with van der Waals surface area (Å²) in [5.74, 6) is 0.562. The van der Waals surface area contributed by atoms with Gasteiger partial charge in [-0.25, -0.2) is 0 Å². The minimum Gasteiger partial charge on any atom is -0.497 e. The van der Waals surface area contributed by atoms with Crippen molar-refractivity contribution in [1.29, 1.82) is 0 Å². The molecule has 1 aromatic heterocycles. The number of carbonyl (C=O) groups excluding carboxylic acids is 1. The maximum Gasteiger partial charge on any atom is 0.323 e. The van der Waals surface area contributed by atoms with Gasteiger partial charge in [0.2, 0.25) is 5.91 Å². The van der Waals surface area contributed by atoms with Crippen LogP contribution in [-0.2, 0) is 29.1 Å². The zero-order valence-electron chi connectivity index (χ0n) is 17.9. The van der Waals surface area contributed by atoms with Gasteiger partial charge < -0.3 is 14.7 Å². The van der Waals surface area contributed by atoms with Gasteiger partial charge in [0.15, 0.2) is 5.16 Å². The molecular formula is C22H26N4O4S. The van der Waals surface area contributed by atoms with Gasteiger partial charge in [0, 0.05) is 20.0 Å². The summed E-state index contributed by atoms with van der Waals surface area (Å²) in [6.45, 7) is 2.26. The number of aromatic nitrogens is 3. The van der Waals surface area contributed by atoms with Crippen LogP contribution < -0.4 is 4.74 Å². The molecule has 3 aromatic rings. The molecular weight excluding hydrogens is 416 g/mol. The molecule has 0 atom stereocenters. The van der Waals surface area contributed by atoms with Crippen molar-refractivity contribution in [3.05, 3.63) is 47.8 Å². The quantitative estimate of drug-likeness (QED) is 0.482. The van der Waals surface area contributed by atoms with E-state index in [-0.39, 0.29) is 18.2 Å². The maximum atomic E-state index is 12.6. The van der Waals surface area contributed by atoms with Crippen molar-refractivity contribution in [2.24, 2.45) is 0 Å². The number of carbonyl (C=O) groups is 2. The first-order valence-electron chi connectivity index (χ1n) is 9.98. The molecule has 0 fully saturated rings. The lowest BCUT2D eigenvalue weighted by atomic mass is 10.1. The average Bonchev–Trinajstić information content (AvgIpc) is 3.12. The van der Waals surface area contributed by atoms with Gasteiger partial charge in [0.1, 0.15) is 18.1 Å². The summed E-state index contributed by atoms with van der Waals surface area (Å²) in [5.41, 5.74) is 1.03. The molecule has 0 saturated heterocycles. The summed E-state index contributed by atoms with van der Waals surface area (Å²) in [7, 11) is 3.40. The minimum atomic E-state index is -0.962. The number of hydrogen-bond donors (Lipinski definition) is 1. The second-order valence-electron chi connectivity index (χ2n) is 7.21. The Morgan fingerprint density at radius 2 is 1.90 bits per heavy atom. The van der Waals surface area contributed by atoms with Crippen molar-refractivity contribution in [2.45, 2.75) is 38.0 Å². The normalized spacial score (nSPS) is 10.9. The van der Waals surface area contributed by atoms with Crippen LogP contribution in [0.25, 0.3) is 10.8 Å². The summed E-state index contributed by atoms with van der Waals surface area (Å²) < 4.78 is 6.83. The number of nitrogens with zero attached hydrogens (tertiary/aromatic N) is 4. The molecule has 31 heavy (non-hydrogen) atoms. The van der Waals surface area contributed by atoms with E-state index in [4.69, 9.17) is 9.84 Å². The lowest BCUT2D eigenvalue weighted by Crippen LogP contribution is -2.28. The number of fused-ring (bicyclic) bond motifs is 1. The first-order chi connectivity index (χ1) is 14.9. The number of aryl methyl sites for hydroxylation is 1. The van der Waals surface area contributed by atoms with Crippen molar-refractivity contribution >= 4 is 34.4 Å². The lowest BCUT2D eigenvalue weighted by molar-refractivity contribution is -0.137. The highest BCUT2D eigenvalue weighted by molar-refractivity contribution is 7.99. The predicted molar refractivity (Wildman–Crippen MR) is 119 cm³/mol. The van der Waals surface area contributed by atoms with E-state index in [1.54, 1.807) is 23.6 Å². The minimum absolute atomic E-state index is 0.0678. The summed E-state index contributed by atoms with van der Waals surface area (Å²) >= 11 is 1.21. The summed E-state index contributed by atoms with van der Waals surface area (Å²) in [4.78, 5) is 25.5. The van der Waals surface area contributed by atoms with Gasteiger partial charge in [-0.1, -0.05) is 36.9 Å². The van der Waals surface area contributed by atoms with Crippen molar-refractivity contribution in [2.75, 3.05) is 19.9 Å². The number of methoxy groups -OCH3 is 1. The summed E-state index contributed by atoms with van der Waals surface area (Å²) in [6.07, 6.45) is 1.48. The second-order valence-corrected chi connectivity index (χ2v) is 8.16. The lowest BCUT2D eigenvalue weighted by Gasteiger charge is -2.17. The summed E-state index contributed by atoms with van der Waals surface area (Å²) in [5, 5.41) is 19.9. The highest BCUT2D eigenvalue weighted by atomic mass is 32.2. The van der Waals surface area contributed by atoms with Crippen LogP contribution in [0.1, 0.15) is 24.7 Å². The van der Waals surface area contributed by atoms with E-state index in [0.717, 1.165) is 28.5 Å². The molecule has 0 aliphatic carbocycles. The van der Waals surface area contributed by atoms with Gasteiger partial charge in [-0.05, 0) is 41.0 Å². The molecule has 0 aliphatic heterocycles. The van der Waals surface area contributed by atoms with Crippen molar-refractivity contribution in [1.82, 2.24) is 19.7 Å². The standard InChI is InChI=1S/C22H26N4O4S/c1-4-5-19-23-24-22(26(19)13-21(28)29)31-14-20(27)25(2)12-15-6-7-17-11-18(30-3)9-8-16(17)10-15/h6-11H,4-5,12-14H2,1-3H3,(H,28,29). The molecule has 1 N–H and O–H groups in total. The third-order valence-corrected chi connectivity index (χ3v) is 5.79. The number of carboxylic acid groups (broad SMARTS) is 1. The van der Waals surface area contributed by atoms with Crippen LogP contribution in [0.15, 0.2) is 41.6 Å². The fraction of sp³-hybridized carbons (Fsp3) is 0.364. The SMILES string of the molecule is CCCc1nnc(SCC(=O)N(C)Cc2ccc3cc(OC)ccc3c2)n1CC(=O)O. The van der Waals surface area contributed by atoms with Crippen LogP contribution in [0.2, 0.25) is 0 Å². The van der Waals surface area contributed by atoms with E-state index < -0.39 is 5.97 Å². The Balaban J connectivity index is 1.63. The van der Waals surface area contributed by atoms with Gasteiger partial charge in [0.05, 0.1) is 12.9 Å². The number of aliphatic carboxylic acids is 1. The zero-order chi connectivity index (χ0) is 22.4. The van der Waals surface area contributed by atoms with Gasteiger partial charge in [-0.2, -0.15) is 0 Å². The number of thioether (sulfide) groups is 1. The third-order valence-electron chi connectivity index (χ3n) is 4.84. The molecule has 164 valence electrons. The number of amides is 1. The van der Waals surface area contributed by atoms with Crippen LogP contribution in [0, 0.1) is 0 Å². The fourth-order valence-electron chi connectivity index (χ4n) is 3.23. The molecule has 1 amide bonds. The fourth-order valence-corrected chi connectivity index (χ4v) is 4.12. The van der Waals surface area contributed by atoms with Crippen LogP contribution in [0.4, 0.5) is 0 Å². The van der Waals surface area contributed by atoms with E-state index in [1.807, 2.05) is 37.3 Å². The largest absolute Gasteiger partial charge is 0.497 e. The highest BCUT2D eigenvalue weighted by Crippen LogP contribution is 2.23. The first kappa shape index (κ1) is 22.6. The molecule has 0 aliphatic rings. The number of carboxylic acids is 1. The molecule has 1 heterocycles. The van der Waals surface area contributed by atoms with Gasteiger partial charge in [-0.3, -0.25) is 14.2 Å². The third kappa shape index (κ3) is 5.75. The van der Waals surface area contributed by atoms with Crippen LogP contribution in [0.3, 0.4) is 0 Å². The van der Waals surface area contributed by atoms with Crippen molar-refractivity contribution in [3.8, 4) is 5.75 Å². The molecule has 3 rings (SSSR count). The Morgan fingerprint density at radius 3 is 2.61 bits per heavy atom. The van der Waals surface area contributed by atoms with Gasteiger partial charge in [0.25, 0.3) is 0 Å². The zero-order valence-corrected chi connectivity index (χ0v) is 18.7. The van der Waals surface area contributed by atoms with E-state index in [1.165, 1.54) is 11.8 Å². The van der Waals surface area contributed by atoms with E-state index in [0.29, 0.717) is 23.9 Å². The van der Waals surface area contributed by atoms with E-state index in [9.17, 15) is 9.59 Å². The van der Waals surface area contributed by atoms with E-state index in [2.05, 4.69) is 16.3 Å². The van der Waals surface area contributed by atoms with Crippen LogP contribution >= 0.6 is 11.8 Å². The maximum absolute atomic E-state index is 12.6. The number of benzene rings is 2. The highest BCUT2D eigenvalue weighted by Gasteiger charge is 2.17. The topological polar surface area (TPSA) is 97.6 Å². The molecule has 8 nitrogen and oxygen atoms in total. The Labute approximate surface area is 185 Å². The molecule has 9 heteroatoms. The monoisotopic (exact) mass is 442 g/mol. The molecule has 0 spiro atoms. The Hall–Kier alpha value is -3.07. The molecule has 0 bridgehead atoms. The number of rotatable bonds is 10. The van der Waals surface area contributed by atoms with Gasteiger partial charge >= 0.3 is 5.97 Å². The number of hydrogen-bond acceptors (Lipinski definition) is 6. The average molecular weight is 443 g/mol. The molecule has 0 radical (unpaired) electrons. The Bertz CT molecular complexity index is 1080. The van der Waals surface area contributed by atoms with Crippen molar-refractivity contribution < 1.29 is 19.4 Å². The Morgan fingerprint density at radius 1 is 1.16 bits per heavy atom. The number of ether oxygens (including phenoxy) is 1. The van der Waals surface area contributed by atoms with Crippen molar-refractivity contribution in [3.63, 3.8) is 0 Å². The van der Waals surface area contributed by atoms with Crippen LogP contribution in [-0.4, -0.2) is 56.6 Å². The summed E-state index contributed by atoms with van der Waals surface area (Å²) in [6, 6.07) is 12.0. The van der Waals surface area contributed by atoms with Crippen LogP contribution in [0.5, 0.6) is 5.75 Å². The second kappa shape index (κ2) is 10.3. The van der Waals surface area contributed by atoms with Gasteiger partial charge in [-0.15, -0.1) is 10.2 Å². The first-order valence-corrected chi connectivity index (χ1v) is 11.0. The Kier molecular flexibility index (Phi) is 7.51.